The van der Waals surface area contributed by atoms with Gasteiger partial charge >= 0.3 is 0 Å². The summed E-state index contributed by atoms with van der Waals surface area (Å²) < 4.78 is 0. The Morgan fingerprint density at radius 3 is 2.74 bits per heavy atom. The van der Waals surface area contributed by atoms with Crippen molar-refractivity contribution in [1.82, 2.24) is 10.2 Å². The quantitative estimate of drug-likeness (QED) is 0.815. The maximum Gasteiger partial charge on any atom is 0.0476 e. The fraction of sp³-hybridized carbons (Fsp3) is 0.529. The zero-order valence-electron chi connectivity index (χ0n) is 12.2. The Bertz CT molecular complexity index is 399. The first-order chi connectivity index (χ1) is 9.20. The normalized spacial score (nSPS) is 24.3. The van der Waals surface area contributed by atoms with Gasteiger partial charge in [0.25, 0.3) is 0 Å². The molecule has 0 radical (unpaired) electrons. The van der Waals surface area contributed by atoms with Crippen molar-refractivity contribution in [3.8, 4) is 0 Å². The molecule has 1 N–H and O–H groups in total. The molecule has 1 aromatic rings. The van der Waals surface area contributed by atoms with Crippen molar-refractivity contribution in [2.45, 2.75) is 38.8 Å². The molecule has 0 aromatic heterocycles. The summed E-state index contributed by atoms with van der Waals surface area (Å²) in [5.41, 5.74) is 2.66. The van der Waals surface area contributed by atoms with Gasteiger partial charge in [0.1, 0.15) is 0 Å². The van der Waals surface area contributed by atoms with Crippen LogP contribution in [0.25, 0.3) is 0 Å². The third-order valence-electron chi connectivity index (χ3n) is 3.79. The summed E-state index contributed by atoms with van der Waals surface area (Å²) in [6.45, 7) is 11.6. The molecule has 0 bridgehead atoms. The number of piperazine rings is 1. The van der Waals surface area contributed by atoms with E-state index in [1.807, 2.05) is 0 Å². The molecule has 2 atom stereocenters. The van der Waals surface area contributed by atoms with E-state index in [4.69, 9.17) is 0 Å². The van der Waals surface area contributed by atoms with Gasteiger partial charge in [-0.2, -0.15) is 0 Å². The van der Waals surface area contributed by atoms with Crippen molar-refractivity contribution in [1.29, 1.82) is 0 Å². The van der Waals surface area contributed by atoms with E-state index in [1.54, 1.807) is 0 Å². The molecule has 2 nitrogen and oxygen atoms in total. The molecular weight excluding hydrogens is 232 g/mol. The minimum absolute atomic E-state index is 0.478. The van der Waals surface area contributed by atoms with Gasteiger partial charge in [-0.25, -0.2) is 0 Å². The molecule has 0 saturated carbocycles. The lowest BCUT2D eigenvalue weighted by Crippen LogP contribution is -2.52. The van der Waals surface area contributed by atoms with E-state index < -0.39 is 0 Å². The number of hydrogen-bond acceptors (Lipinski definition) is 2. The third-order valence-corrected chi connectivity index (χ3v) is 3.79. The van der Waals surface area contributed by atoms with Crippen LogP contribution in [0.15, 0.2) is 42.5 Å². The van der Waals surface area contributed by atoms with Gasteiger partial charge in [-0.3, -0.25) is 4.90 Å². The van der Waals surface area contributed by atoms with Crippen LogP contribution in [-0.2, 0) is 0 Å². The summed E-state index contributed by atoms with van der Waals surface area (Å²) in [7, 11) is 0. The second-order valence-corrected chi connectivity index (χ2v) is 5.71. The molecule has 2 heteroatoms. The molecule has 1 heterocycles. The summed E-state index contributed by atoms with van der Waals surface area (Å²) in [6, 6.07) is 11.9. The maximum atomic E-state index is 4.09. The highest BCUT2D eigenvalue weighted by Crippen LogP contribution is 2.25. The van der Waals surface area contributed by atoms with E-state index in [0.717, 1.165) is 19.6 Å². The first-order valence-corrected chi connectivity index (χ1v) is 7.37. The van der Waals surface area contributed by atoms with Crippen LogP contribution < -0.4 is 5.32 Å². The van der Waals surface area contributed by atoms with Crippen molar-refractivity contribution in [3.05, 3.63) is 48.0 Å². The Labute approximate surface area is 117 Å². The first kappa shape index (κ1) is 14.3. The number of hydrogen-bond donors (Lipinski definition) is 1. The van der Waals surface area contributed by atoms with Crippen molar-refractivity contribution in [3.63, 3.8) is 0 Å². The highest BCUT2D eigenvalue weighted by molar-refractivity contribution is 5.21. The predicted molar refractivity (Wildman–Crippen MR) is 82.3 cm³/mol. The molecule has 1 aliphatic heterocycles. The van der Waals surface area contributed by atoms with E-state index in [-0.39, 0.29) is 0 Å². The van der Waals surface area contributed by atoms with Crippen molar-refractivity contribution in [2.75, 3.05) is 19.6 Å². The molecule has 104 valence electrons. The van der Waals surface area contributed by atoms with Crippen LogP contribution in [0.4, 0.5) is 0 Å². The molecule has 1 aliphatic rings. The topological polar surface area (TPSA) is 15.3 Å². The molecule has 1 fully saturated rings. The van der Waals surface area contributed by atoms with Crippen LogP contribution in [0.5, 0.6) is 0 Å². The van der Waals surface area contributed by atoms with Crippen LogP contribution in [0.1, 0.15) is 38.3 Å². The lowest BCUT2D eigenvalue weighted by Gasteiger charge is -2.41. The fourth-order valence-corrected chi connectivity index (χ4v) is 2.95. The van der Waals surface area contributed by atoms with Crippen molar-refractivity contribution in [2.24, 2.45) is 0 Å². The van der Waals surface area contributed by atoms with Gasteiger partial charge in [-0.05, 0) is 18.9 Å². The fourth-order valence-electron chi connectivity index (χ4n) is 2.95. The highest BCUT2D eigenvalue weighted by atomic mass is 15.2. The molecule has 1 aromatic carbocycles. The summed E-state index contributed by atoms with van der Waals surface area (Å²) in [5, 5.41) is 3.70. The minimum atomic E-state index is 0.478. The van der Waals surface area contributed by atoms with Crippen LogP contribution in [0, 0.1) is 0 Å². The van der Waals surface area contributed by atoms with E-state index >= 15 is 0 Å². The molecule has 2 unspecified atom stereocenters. The van der Waals surface area contributed by atoms with Crippen LogP contribution >= 0.6 is 0 Å². The Hall–Kier alpha value is -1.12. The SMILES string of the molecule is C=C(C)CN1CC(CCC)NCC1c1ccccc1. The molecule has 19 heavy (non-hydrogen) atoms. The minimum Gasteiger partial charge on any atom is -0.311 e. The second-order valence-electron chi connectivity index (χ2n) is 5.71. The van der Waals surface area contributed by atoms with Crippen molar-refractivity contribution < 1.29 is 0 Å². The largest absolute Gasteiger partial charge is 0.311 e. The van der Waals surface area contributed by atoms with E-state index in [2.05, 4.69) is 61.0 Å². The summed E-state index contributed by atoms with van der Waals surface area (Å²) in [5.74, 6) is 0. The lowest BCUT2D eigenvalue weighted by atomic mass is 9.99. The smallest absolute Gasteiger partial charge is 0.0476 e. The standard InChI is InChI=1S/C17H26N2/c1-4-8-16-13-19(12-14(2)3)17(11-18-16)15-9-6-5-7-10-15/h5-7,9-10,16-18H,2,4,8,11-13H2,1,3H3. The average Bonchev–Trinajstić information content (AvgIpc) is 2.40. The predicted octanol–water partition coefficient (Wildman–Crippen LogP) is 3.38. The third kappa shape index (κ3) is 3.92. The zero-order chi connectivity index (χ0) is 13.7. The molecule has 2 rings (SSSR count). The molecule has 0 spiro atoms. The van der Waals surface area contributed by atoms with Crippen LogP contribution in [-0.4, -0.2) is 30.6 Å². The van der Waals surface area contributed by atoms with Gasteiger partial charge in [-0.1, -0.05) is 55.8 Å². The van der Waals surface area contributed by atoms with Gasteiger partial charge in [-0.15, -0.1) is 0 Å². The number of nitrogens with zero attached hydrogens (tertiary/aromatic N) is 1. The van der Waals surface area contributed by atoms with E-state index in [9.17, 15) is 0 Å². The Morgan fingerprint density at radius 1 is 1.37 bits per heavy atom. The van der Waals surface area contributed by atoms with Gasteiger partial charge in [0, 0.05) is 31.7 Å². The molecule has 0 aliphatic carbocycles. The lowest BCUT2D eigenvalue weighted by molar-refractivity contribution is 0.138. The summed E-state index contributed by atoms with van der Waals surface area (Å²) >= 11 is 0. The maximum absolute atomic E-state index is 4.09. The molecule has 1 saturated heterocycles. The Balaban J connectivity index is 2.10. The van der Waals surface area contributed by atoms with Crippen molar-refractivity contribution >= 4 is 0 Å². The highest BCUT2D eigenvalue weighted by Gasteiger charge is 2.28. The van der Waals surface area contributed by atoms with Crippen LogP contribution in [0.3, 0.4) is 0 Å². The number of nitrogens with one attached hydrogen (secondary N) is 1. The van der Waals surface area contributed by atoms with Gasteiger partial charge in [0.2, 0.25) is 0 Å². The van der Waals surface area contributed by atoms with Gasteiger partial charge in [0.05, 0.1) is 0 Å². The first-order valence-electron chi connectivity index (χ1n) is 7.37. The van der Waals surface area contributed by atoms with E-state index in [1.165, 1.54) is 24.0 Å². The van der Waals surface area contributed by atoms with Gasteiger partial charge in [0.15, 0.2) is 0 Å². The number of rotatable bonds is 5. The van der Waals surface area contributed by atoms with Crippen LogP contribution in [0.2, 0.25) is 0 Å². The Kier molecular flexibility index (Phi) is 5.17. The van der Waals surface area contributed by atoms with E-state index in [0.29, 0.717) is 12.1 Å². The number of benzene rings is 1. The summed E-state index contributed by atoms with van der Waals surface area (Å²) in [4.78, 5) is 2.58. The molecular formula is C17H26N2. The second kappa shape index (κ2) is 6.88. The zero-order valence-corrected chi connectivity index (χ0v) is 12.2. The monoisotopic (exact) mass is 258 g/mol. The molecule has 0 amide bonds. The average molecular weight is 258 g/mol. The summed E-state index contributed by atoms with van der Waals surface area (Å²) in [6.07, 6.45) is 2.50. The Morgan fingerprint density at radius 2 is 2.11 bits per heavy atom. The van der Waals surface area contributed by atoms with Gasteiger partial charge < -0.3 is 5.32 Å².